The molecular weight excluding hydrogens is 322 g/mol. The SMILES string of the molecule is CN1CC2(CCN(Cc3ccccn3)CC2)C[C@H](c2ccccc2)C1=O. The zero-order chi connectivity index (χ0) is 18.0. The molecule has 1 aromatic carbocycles. The number of rotatable bonds is 3. The van der Waals surface area contributed by atoms with Crippen molar-refractivity contribution in [3.05, 3.63) is 66.0 Å². The van der Waals surface area contributed by atoms with E-state index in [1.54, 1.807) is 0 Å². The lowest BCUT2D eigenvalue weighted by Crippen LogP contribution is -2.52. The Balaban J connectivity index is 1.45. The molecule has 0 saturated carbocycles. The first-order chi connectivity index (χ1) is 12.7. The fourth-order valence-corrected chi connectivity index (χ4v) is 4.65. The summed E-state index contributed by atoms with van der Waals surface area (Å²) in [6.07, 6.45) is 5.16. The number of piperidine rings is 2. The van der Waals surface area contributed by atoms with Crippen molar-refractivity contribution in [3.63, 3.8) is 0 Å². The molecule has 2 fully saturated rings. The fourth-order valence-electron chi connectivity index (χ4n) is 4.65. The van der Waals surface area contributed by atoms with Gasteiger partial charge in [0, 0.05) is 26.3 Å². The fraction of sp³-hybridized carbons (Fsp3) is 0.455. The van der Waals surface area contributed by atoms with E-state index in [2.05, 4.69) is 34.1 Å². The molecule has 1 spiro atoms. The van der Waals surface area contributed by atoms with Crippen LogP contribution in [0.25, 0.3) is 0 Å². The number of likely N-dealkylation sites (N-methyl/N-ethyl adjacent to an activating group) is 1. The molecule has 0 radical (unpaired) electrons. The van der Waals surface area contributed by atoms with Crippen molar-refractivity contribution in [2.75, 3.05) is 26.7 Å². The zero-order valence-electron chi connectivity index (χ0n) is 15.5. The molecule has 4 rings (SSSR count). The van der Waals surface area contributed by atoms with E-state index >= 15 is 0 Å². The second-order valence-electron chi connectivity index (χ2n) is 7.96. The van der Waals surface area contributed by atoms with Crippen LogP contribution in [0.15, 0.2) is 54.7 Å². The molecule has 2 saturated heterocycles. The van der Waals surface area contributed by atoms with Gasteiger partial charge < -0.3 is 4.90 Å². The summed E-state index contributed by atoms with van der Waals surface area (Å²) in [5.41, 5.74) is 2.56. The van der Waals surface area contributed by atoms with Crippen molar-refractivity contribution in [2.45, 2.75) is 31.7 Å². The predicted molar refractivity (Wildman–Crippen MR) is 103 cm³/mol. The first-order valence-electron chi connectivity index (χ1n) is 9.57. The van der Waals surface area contributed by atoms with E-state index in [4.69, 9.17) is 0 Å². The van der Waals surface area contributed by atoms with Crippen LogP contribution in [0.5, 0.6) is 0 Å². The average molecular weight is 349 g/mol. The number of pyridine rings is 1. The number of benzene rings is 1. The number of carbonyl (C=O) groups excluding carboxylic acids is 1. The third-order valence-electron chi connectivity index (χ3n) is 6.11. The monoisotopic (exact) mass is 349 g/mol. The second kappa shape index (κ2) is 7.20. The van der Waals surface area contributed by atoms with E-state index < -0.39 is 0 Å². The number of likely N-dealkylation sites (tertiary alicyclic amines) is 2. The average Bonchev–Trinajstić information content (AvgIpc) is 2.68. The Hall–Kier alpha value is -2.20. The highest BCUT2D eigenvalue weighted by atomic mass is 16.2. The topological polar surface area (TPSA) is 36.4 Å². The first kappa shape index (κ1) is 17.2. The van der Waals surface area contributed by atoms with Crippen molar-refractivity contribution in [3.8, 4) is 0 Å². The molecule has 0 bridgehead atoms. The van der Waals surface area contributed by atoms with Crippen LogP contribution in [0.2, 0.25) is 0 Å². The molecule has 2 aliphatic rings. The Kier molecular flexibility index (Phi) is 4.77. The van der Waals surface area contributed by atoms with Gasteiger partial charge in [0.2, 0.25) is 5.91 Å². The summed E-state index contributed by atoms with van der Waals surface area (Å²) >= 11 is 0. The second-order valence-corrected chi connectivity index (χ2v) is 7.96. The van der Waals surface area contributed by atoms with Crippen LogP contribution >= 0.6 is 0 Å². The van der Waals surface area contributed by atoms with Gasteiger partial charge in [0.1, 0.15) is 0 Å². The lowest BCUT2D eigenvalue weighted by Gasteiger charge is -2.49. The molecule has 0 aliphatic carbocycles. The first-order valence-corrected chi connectivity index (χ1v) is 9.57. The molecule has 1 atom stereocenters. The molecule has 2 aliphatic heterocycles. The molecule has 0 N–H and O–H groups in total. The van der Waals surface area contributed by atoms with E-state index in [1.165, 1.54) is 5.56 Å². The van der Waals surface area contributed by atoms with Crippen LogP contribution < -0.4 is 0 Å². The summed E-state index contributed by atoms with van der Waals surface area (Å²) in [5, 5.41) is 0. The van der Waals surface area contributed by atoms with E-state index in [-0.39, 0.29) is 17.2 Å². The molecule has 1 amide bonds. The number of nitrogens with zero attached hydrogens (tertiary/aromatic N) is 3. The smallest absolute Gasteiger partial charge is 0.229 e. The molecule has 2 aromatic rings. The quantitative estimate of drug-likeness (QED) is 0.853. The van der Waals surface area contributed by atoms with Crippen LogP contribution in [0.4, 0.5) is 0 Å². The van der Waals surface area contributed by atoms with Crippen molar-refractivity contribution < 1.29 is 4.79 Å². The molecule has 0 unspecified atom stereocenters. The Morgan fingerprint density at radius 2 is 1.81 bits per heavy atom. The van der Waals surface area contributed by atoms with Crippen molar-refractivity contribution in [1.29, 1.82) is 0 Å². The third kappa shape index (κ3) is 3.51. The highest BCUT2D eigenvalue weighted by Gasteiger charge is 2.44. The summed E-state index contributed by atoms with van der Waals surface area (Å²) in [5.74, 6) is 0.287. The lowest BCUT2D eigenvalue weighted by atomic mass is 9.67. The Labute approximate surface area is 155 Å². The number of carbonyl (C=O) groups is 1. The van der Waals surface area contributed by atoms with Gasteiger partial charge in [-0.2, -0.15) is 0 Å². The highest BCUT2D eigenvalue weighted by Crippen LogP contribution is 2.45. The number of amides is 1. The normalized spacial score (nSPS) is 23.3. The summed E-state index contributed by atoms with van der Waals surface area (Å²) in [6.45, 7) is 3.99. The van der Waals surface area contributed by atoms with Crippen LogP contribution in [0.3, 0.4) is 0 Å². The van der Waals surface area contributed by atoms with E-state index in [0.29, 0.717) is 0 Å². The lowest BCUT2D eigenvalue weighted by molar-refractivity contribution is -0.139. The summed E-state index contributed by atoms with van der Waals surface area (Å²) < 4.78 is 0. The minimum Gasteiger partial charge on any atom is -0.345 e. The highest BCUT2D eigenvalue weighted by molar-refractivity contribution is 5.84. The van der Waals surface area contributed by atoms with Crippen LogP contribution in [0, 0.1) is 5.41 Å². The molecule has 136 valence electrons. The van der Waals surface area contributed by atoms with E-state index in [0.717, 1.165) is 51.1 Å². The standard InChI is InChI=1S/C22H27N3O/c1-24-17-22(15-20(21(24)26)18-7-3-2-4-8-18)10-13-25(14-11-22)16-19-9-5-6-12-23-19/h2-9,12,20H,10-11,13-17H2,1H3/t20-/m1/s1. The van der Waals surface area contributed by atoms with Crippen molar-refractivity contribution in [1.82, 2.24) is 14.8 Å². The van der Waals surface area contributed by atoms with Gasteiger partial charge in [-0.25, -0.2) is 0 Å². The van der Waals surface area contributed by atoms with Gasteiger partial charge in [-0.05, 0) is 55.5 Å². The Morgan fingerprint density at radius 1 is 1.08 bits per heavy atom. The molecular formula is C22H27N3O. The van der Waals surface area contributed by atoms with Gasteiger partial charge in [-0.15, -0.1) is 0 Å². The number of aromatic nitrogens is 1. The maximum Gasteiger partial charge on any atom is 0.229 e. The van der Waals surface area contributed by atoms with Gasteiger partial charge in [0.25, 0.3) is 0 Å². The maximum absolute atomic E-state index is 12.8. The molecule has 26 heavy (non-hydrogen) atoms. The van der Waals surface area contributed by atoms with Crippen molar-refractivity contribution in [2.24, 2.45) is 5.41 Å². The zero-order valence-corrected chi connectivity index (χ0v) is 15.5. The summed E-state index contributed by atoms with van der Waals surface area (Å²) in [4.78, 5) is 21.7. The van der Waals surface area contributed by atoms with Crippen LogP contribution in [0.1, 0.15) is 36.4 Å². The number of hydrogen-bond acceptors (Lipinski definition) is 3. The Bertz CT molecular complexity index is 738. The minimum atomic E-state index is 0.0114. The van der Waals surface area contributed by atoms with Crippen LogP contribution in [-0.4, -0.2) is 47.4 Å². The predicted octanol–water partition coefficient (Wildman–Crippen LogP) is 3.31. The van der Waals surface area contributed by atoms with E-state index in [9.17, 15) is 4.79 Å². The van der Waals surface area contributed by atoms with Crippen molar-refractivity contribution >= 4 is 5.91 Å². The Morgan fingerprint density at radius 3 is 2.50 bits per heavy atom. The molecule has 3 heterocycles. The van der Waals surface area contributed by atoms with Gasteiger partial charge in [0.05, 0.1) is 11.6 Å². The van der Waals surface area contributed by atoms with Gasteiger partial charge >= 0.3 is 0 Å². The number of hydrogen-bond donors (Lipinski definition) is 0. The molecule has 4 heteroatoms. The maximum atomic E-state index is 12.8. The van der Waals surface area contributed by atoms with E-state index in [1.807, 2.05) is 42.4 Å². The summed E-state index contributed by atoms with van der Waals surface area (Å²) in [6, 6.07) is 16.4. The van der Waals surface area contributed by atoms with Crippen LogP contribution in [-0.2, 0) is 11.3 Å². The largest absolute Gasteiger partial charge is 0.345 e. The third-order valence-corrected chi connectivity index (χ3v) is 6.11. The van der Waals surface area contributed by atoms with Gasteiger partial charge in [0.15, 0.2) is 0 Å². The summed E-state index contributed by atoms with van der Waals surface area (Å²) in [7, 11) is 1.97. The van der Waals surface area contributed by atoms with Gasteiger partial charge in [-0.3, -0.25) is 14.7 Å². The van der Waals surface area contributed by atoms with Gasteiger partial charge in [-0.1, -0.05) is 36.4 Å². The minimum absolute atomic E-state index is 0.0114. The molecule has 4 nitrogen and oxygen atoms in total. The molecule has 1 aromatic heterocycles.